The Kier molecular flexibility index (Phi) is 6.44. The van der Waals surface area contributed by atoms with E-state index >= 15 is 0 Å². The van der Waals surface area contributed by atoms with E-state index in [1.54, 1.807) is 6.21 Å². The van der Waals surface area contributed by atoms with Gasteiger partial charge in [-0.3, -0.25) is 0 Å². The zero-order valence-corrected chi connectivity index (χ0v) is 8.29. The zero-order chi connectivity index (χ0) is 9.40. The number of hydrogen-bond acceptors (Lipinski definition) is 1. The van der Waals surface area contributed by atoms with Crippen molar-refractivity contribution >= 4 is 6.21 Å². The van der Waals surface area contributed by atoms with Crippen molar-refractivity contribution in [1.82, 2.24) is 0 Å². The van der Waals surface area contributed by atoms with E-state index in [1.165, 1.54) is 0 Å². The minimum absolute atomic E-state index is 0.0696. The molecule has 0 bridgehead atoms. The fourth-order valence-electron chi connectivity index (χ4n) is 0.793. The Hall–Kier alpha value is -0.790. The lowest BCUT2D eigenvalue weighted by Gasteiger charge is -2.06. The summed E-state index contributed by atoms with van der Waals surface area (Å²) in [6.07, 6.45) is 8.84. The van der Waals surface area contributed by atoms with E-state index in [4.69, 9.17) is 0 Å². The van der Waals surface area contributed by atoms with E-state index in [2.05, 4.69) is 19.1 Å². The van der Waals surface area contributed by atoms with Gasteiger partial charge in [0.05, 0.1) is 0 Å². The van der Waals surface area contributed by atoms with Crippen LogP contribution in [-0.2, 0) is 0 Å². The predicted molar refractivity (Wildman–Crippen MR) is 53.5 cm³/mol. The van der Waals surface area contributed by atoms with Gasteiger partial charge < -0.3 is 5.21 Å². The maximum atomic E-state index is 11.0. The molecule has 0 amide bonds. The summed E-state index contributed by atoms with van der Waals surface area (Å²) >= 11 is 0. The molecule has 0 unspecified atom stereocenters. The Morgan fingerprint density at radius 3 is 2.42 bits per heavy atom. The average molecular weight is 169 g/mol. The van der Waals surface area contributed by atoms with E-state index in [0.717, 1.165) is 24.0 Å². The second-order valence-electron chi connectivity index (χ2n) is 3.09. The molecule has 0 fully saturated rings. The molecule has 2 heteroatoms. The molecule has 0 aliphatic rings. The summed E-state index contributed by atoms with van der Waals surface area (Å²) in [5.41, 5.74) is 0. The van der Waals surface area contributed by atoms with Gasteiger partial charge >= 0.3 is 0 Å². The van der Waals surface area contributed by atoms with Crippen molar-refractivity contribution in [1.29, 1.82) is 0 Å². The first-order chi connectivity index (χ1) is 5.68. The first-order valence-electron chi connectivity index (χ1n) is 4.62. The van der Waals surface area contributed by atoms with Crippen molar-refractivity contribution < 1.29 is 4.74 Å². The van der Waals surface area contributed by atoms with Crippen LogP contribution < -0.4 is 0 Å². The minimum atomic E-state index is 0.0696. The number of rotatable bonds is 5. The topological polar surface area (TPSA) is 26.1 Å². The summed E-state index contributed by atoms with van der Waals surface area (Å²) in [6, 6.07) is 0.0696. The summed E-state index contributed by atoms with van der Waals surface area (Å²) in [5.74, 6) is 0. The molecule has 0 aliphatic heterocycles. The van der Waals surface area contributed by atoms with Crippen LogP contribution in [0.5, 0.6) is 0 Å². The number of hydrogen-bond donors (Lipinski definition) is 0. The van der Waals surface area contributed by atoms with Crippen LogP contribution in [0, 0.1) is 5.21 Å². The van der Waals surface area contributed by atoms with Crippen LogP contribution in [0.2, 0.25) is 0 Å². The standard InChI is InChI=1S/C10H19NO/c1-4-5-6-7-8-9-11(12)10(2)3/h5-6,9-10H,4,7-8H2,1-3H3. The highest BCUT2D eigenvalue weighted by molar-refractivity contribution is 5.51. The normalized spacial score (nSPS) is 13.2. The van der Waals surface area contributed by atoms with Gasteiger partial charge in [0.1, 0.15) is 0 Å². The molecule has 0 aromatic carbocycles. The molecule has 0 aromatic rings. The van der Waals surface area contributed by atoms with Gasteiger partial charge in [0.15, 0.2) is 12.3 Å². The van der Waals surface area contributed by atoms with Gasteiger partial charge in [0.25, 0.3) is 0 Å². The third kappa shape index (κ3) is 5.96. The van der Waals surface area contributed by atoms with E-state index in [0.29, 0.717) is 0 Å². The molecule has 0 atom stereocenters. The van der Waals surface area contributed by atoms with Crippen molar-refractivity contribution in [3.63, 3.8) is 0 Å². The molecule has 0 rings (SSSR count). The van der Waals surface area contributed by atoms with Gasteiger partial charge in [0.2, 0.25) is 0 Å². The molecular weight excluding hydrogens is 150 g/mol. The van der Waals surface area contributed by atoms with E-state index in [9.17, 15) is 5.21 Å². The lowest BCUT2D eigenvalue weighted by molar-refractivity contribution is -0.488. The molecular formula is C10H19NO. The maximum Gasteiger partial charge on any atom is 0.157 e. The van der Waals surface area contributed by atoms with Crippen LogP contribution in [0.1, 0.15) is 40.0 Å². The Morgan fingerprint density at radius 1 is 1.25 bits per heavy atom. The monoisotopic (exact) mass is 169 g/mol. The van der Waals surface area contributed by atoms with Crippen LogP contribution in [0.3, 0.4) is 0 Å². The summed E-state index contributed by atoms with van der Waals surface area (Å²) < 4.78 is 1.01. The Bertz CT molecular complexity index is 159. The highest BCUT2D eigenvalue weighted by Crippen LogP contribution is 1.91. The van der Waals surface area contributed by atoms with Crippen molar-refractivity contribution in [2.75, 3.05) is 0 Å². The number of nitrogens with zero attached hydrogens (tertiary/aromatic N) is 1. The van der Waals surface area contributed by atoms with Crippen molar-refractivity contribution in [3.8, 4) is 0 Å². The first-order valence-corrected chi connectivity index (χ1v) is 4.62. The quantitative estimate of drug-likeness (QED) is 0.155. The maximum absolute atomic E-state index is 11.0. The molecule has 2 nitrogen and oxygen atoms in total. The second kappa shape index (κ2) is 6.89. The molecule has 0 aliphatic carbocycles. The molecule has 70 valence electrons. The summed E-state index contributed by atoms with van der Waals surface area (Å²) in [7, 11) is 0. The summed E-state index contributed by atoms with van der Waals surface area (Å²) in [4.78, 5) is 0. The second-order valence-corrected chi connectivity index (χ2v) is 3.09. The molecule has 0 spiro atoms. The molecule has 12 heavy (non-hydrogen) atoms. The largest absolute Gasteiger partial charge is 0.624 e. The van der Waals surface area contributed by atoms with Crippen molar-refractivity contribution in [2.24, 2.45) is 0 Å². The molecule has 0 saturated carbocycles. The molecule has 0 radical (unpaired) electrons. The third-order valence-electron chi connectivity index (χ3n) is 1.55. The smallest absolute Gasteiger partial charge is 0.157 e. The highest BCUT2D eigenvalue weighted by Gasteiger charge is 1.96. The van der Waals surface area contributed by atoms with E-state index in [-0.39, 0.29) is 6.04 Å². The Balaban J connectivity index is 3.53. The van der Waals surface area contributed by atoms with Gasteiger partial charge in [-0.1, -0.05) is 19.1 Å². The fraction of sp³-hybridized carbons (Fsp3) is 0.700. The van der Waals surface area contributed by atoms with Crippen LogP contribution in [0.25, 0.3) is 0 Å². The fourth-order valence-corrected chi connectivity index (χ4v) is 0.793. The van der Waals surface area contributed by atoms with Crippen LogP contribution in [0.15, 0.2) is 12.2 Å². The molecule has 0 saturated heterocycles. The van der Waals surface area contributed by atoms with E-state index < -0.39 is 0 Å². The molecule has 0 N–H and O–H groups in total. The summed E-state index contributed by atoms with van der Waals surface area (Å²) in [5, 5.41) is 11.0. The highest BCUT2D eigenvalue weighted by atomic mass is 16.5. The Labute approximate surface area is 75.2 Å². The lowest BCUT2D eigenvalue weighted by Crippen LogP contribution is -2.14. The van der Waals surface area contributed by atoms with Gasteiger partial charge in [-0.15, -0.1) is 0 Å². The van der Waals surface area contributed by atoms with Crippen molar-refractivity contribution in [2.45, 2.75) is 46.1 Å². The van der Waals surface area contributed by atoms with Crippen molar-refractivity contribution in [3.05, 3.63) is 17.4 Å². The average Bonchev–Trinajstić information content (AvgIpc) is 2.03. The zero-order valence-electron chi connectivity index (χ0n) is 8.29. The third-order valence-corrected chi connectivity index (χ3v) is 1.55. The predicted octanol–water partition coefficient (Wildman–Crippen LogP) is 2.72. The minimum Gasteiger partial charge on any atom is -0.624 e. The van der Waals surface area contributed by atoms with Crippen LogP contribution in [-0.4, -0.2) is 17.0 Å². The van der Waals surface area contributed by atoms with Gasteiger partial charge in [-0.2, -0.15) is 0 Å². The SMILES string of the molecule is CCC=CCCC=[N+]([O-])C(C)C. The number of hydroxylamine groups is 1. The lowest BCUT2D eigenvalue weighted by atomic mass is 10.3. The number of unbranched alkanes of at least 4 members (excludes halogenated alkanes) is 1. The van der Waals surface area contributed by atoms with Gasteiger partial charge in [-0.25, -0.2) is 4.74 Å². The molecule has 0 aromatic heterocycles. The molecule has 0 heterocycles. The van der Waals surface area contributed by atoms with Crippen LogP contribution in [0.4, 0.5) is 0 Å². The first kappa shape index (κ1) is 11.2. The number of allylic oxidation sites excluding steroid dienone is 2. The van der Waals surface area contributed by atoms with E-state index in [1.807, 2.05) is 13.8 Å². The summed E-state index contributed by atoms with van der Waals surface area (Å²) in [6.45, 7) is 5.89. The Morgan fingerprint density at radius 2 is 1.92 bits per heavy atom. The van der Waals surface area contributed by atoms with Gasteiger partial charge in [-0.05, 0) is 26.7 Å². The van der Waals surface area contributed by atoms with Crippen LogP contribution >= 0.6 is 0 Å². The van der Waals surface area contributed by atoms with Gasteiger partial charge in [0, 0.05) is 6.42 Å².